The zero-order valence-corrected chi connectivity index (χ0v) is 22.6. The van der Waals surface area contributed by atoms with Gasteiger partial charge in [-0.15, -0.1) is 5.10 Å². The van der Waals surface area contributed by atoms with E-state index in [1.165, 1.54) is 16.8 Å². The summed E-state index contributed by atoms with van der Waals surface area (Å²) in [5.41, 5.74) is 7.47. The number of fused-ring (bicyclic) bond motifs is 1. The Kier molecular flexibility index (Phi) is 6.70. The fraction of sp³-hybridized carbons (Fsp3) is 0.290. The summed E-state index contributed by atoms with van der Waals surface area (Å²) in [6.07, 6.45) is 0. The first kappa shape index (κ1) is 25.0. The number of H-pyrrole nitrogens is 1. The van der Waals surface area contributed by atoms with Gasteiger partial charge >= 0.3 is 0 Å². The minimum Gasteiger partial charge on any atom is -0.369 e. The van der Waals surface area contributed by atoms with Crippen LogP contribution >= 0.6 is 0 Å². The van der Waals surface area contributed by atoms with E-state index in [0.29, 0.717) is 17.9 Å². The molecule has 0 radical (unpaired) electrons. The maximum absolute atomic E-state index is 13.6. The molecule has 0 saturated carbocycles. The summed E-state index contributed by atoms with van der Waals surface area (Å²) in [5, 5.41) is 13.9. The van der Waals surface area contributed by atoms with Crippen LogP contribution in [0.5, 0.6) is 0 Å². The van der Waals surface area contributed by atoms with E-state index in [1.54, 1.807) is 0 Å². The predicted molar refractivity (Wildman–Crippen MR) is 154 cm³/mol. The number of pyridine rings is 1. The van der Waals surface area contributed by atoms with E-state index in [4.69, 9.17) is 0 Å². The molecule has 3 heterocycles. The van der Waals surface area contributed by atoms with Crippen LogP contribution in [0.25, 0.3) is 10.9 Å². The number of aromatic amines is 1. The van der Waals surface area contributed by atoms with E-state index < -0.39 is 0 Å². The number of hydrogen-bond donors (Lipinski definition) is 1. The summed E-state index contributed by atoms with van der Waals surface area (Å²) >= 11 is 0. The molecular formula is C31H33N7O. The molecule has 1 saturated heterocycles. The minimum atomic E-state index is -0.377. The lowest BCUT2D eigenvalue weighted by Crippen LogP contribution is -2.49. The molecule has 6 rings (SSSR count). The van der Waals surface area contributed by atoms with Crippen molar-refractivity contribution in [3.8, 4) is 0 Å². The average Bonchev–Trinajstić information content (AvgIpc) is 3.40. The second kappa shape index (κ2) is 10.5. The van der Waals surface area contributed by atoms with E-state index in [0.717, 1.165) is 48.2 Å². The zero-order valence-electron chi connectivity index (χ0n) is 22.6. The second-order valence-corrected chi connectivity index (χ2v) is 10.4. The van der Waals surface area contributed by atoms with Crippen LogP contribution in [0.15, 0.2) is 77.6 Å². The van der Waals surface area contributed by atoms with Crippen LogP contribution in [0, 0.1) is 20.8 Å². The Morgan fingerprint density at radius 1 is 0.872 bits per heavy atom. The Hall–Kier alpha value is -4.30. The van der Waals surface area contributed by atoms with Crippen LogP contribution in [-0.2, 0) is 6.54 Å². The number of tetrazole rings is 1. The van der Waals surface area contributed by atoms with Crippen LogP contribution in [0.4, 0.5) is 5.69 Å². The van der Waals surface area contributed by atoms with Crippen LogP contribution in [-0.4, -0.2) is 56.3 Å². The number of benzene rings is 3. The lowest BCUT2D eigenvalue weighted by Gasteiger charge is -2.40. The highest BCUT2D eigenvalue weighted by Gasteiger charge is 2.33. The summed E-state index contributed by atoms with van der Waals surface area (Å²) in [6.45, 7) is 10.2. The molecule has 1 fully saturated rings. The Bertz CT molecular complexity index is 1670. The summed E-state index contributed by atoms with van der Waals surface area (Å²) in [5.74, 6) is 0.677. The van der Waals surface area contributed by atoms with Crippen molar-refractivity contribution in [3.63, 3.8) is 0 Å². The number of piperazine rings is 1. The maximum Gasteiger partial charge on any atom is 0.253 e. The van der Waals surface area contributed by atoms with Crippen molar-refractivity contribution in [1.82, 2.24) is 30.1 Å². The van der Waals surface area contributed by atoms with E-state index in [-0.39, 0.29) is 11.6 Å². The Balaban J connectivity index is 1.39. The van der Waals surface area contributed by atoms with Crippen LogP contribution in [0.3, 0.4) is 0 Å². The smallest absolute Gasteiger partial charge is 0.253 e. The number of aryl methyl sites for hydroxylation is 2. The van der Waals surface area contributed by atoms with Gasteiger partial charge in [0.1, 0.15) is 6.04 Å². The molecule has 3 aromatic carbocycles. The summed E-state index contributed by atoms with van der Waals surface area (Å²) in [6, 6.07) is 24.4. The van der Waals surface area contributed by atoms with Gasteiger partial charge in [0.2, 0.25) is 0 Å². The van der Waals surface area contributed by atoms with E-state index >= 15 is 0 Å². The molecule has 8 heteroatoms. The standard InChI is InChI=1S/C31H33N7O/c1-21-9-8-14-27(23(21)3)36-15-17-37(18-16-36)29(26-19-25-13-7-10-22(2)28(25)32-31(26)39)30-33-34-35-38(30)20-24-11-5-4-6-12-24/h4-14,19,29H,15-18,20H2,1-3H3,(H,32,39)/t29-/m0/s1. The van der Waals surface area contributed by atoms with Gasteiger partial charge in [-0.2, -0.15) is 0 Å². The van der Waals surface area contributed by atoms with Gasteiger partial charge in [0.15, 0.2) is 5.82 Å². The highest BCUT2D eigenvalue weighted by Crippen LogP contribution is 2.30. The Morgan fingerprint density at radius 2 is 1.62 bits per heavy atom. The van der Waals surface area contributed by atoms with Gasteiger partial charge in [0.25, 0.3) is 5.56 Å². The van der Waals surface area contributed by atoms with Gasteiger partial charge in [0, 0.05) is 37.4 Å². The molecule has 0 bridgehead atoms. The lowest BCUT2D eigenvalue weighted by atomic mass is 10.0. The largest absolute Gasteiger partial charge is 0.369 e. The number of nitrogens with zero attached hydrogens (tertiary/aromatic N) is 6. The van der Waals surface area contributed by atoms with Gasteiger partial charge in [-0.25, -0.2) is 4.68 Å². The first-order chi connectivity index (χ1) is 19.0. The molecule has 1 aliphatic rings. The molecule has 1 atom stereocenters. The van der Waals surface area contributed by atoms with Crippen LogP contribution in [0.2, 0.25) is 0 Å². The third kappa shape index (κ3) is 4.83. The minimum absolute atomic E-state index is 0.104. The first-order valence-electron chi connectivity index (χ1n) is 13.5. The van der Waals surface area contributed by atoms with E-state index in [9.17, 15) is 4.79 Å². The van der Waals surface area contributed by atoms with Crippen molar-refractivity contribution < 1.29 is 0 Å². The average molecular weight is 520 g/mol. The van der Waals surface area contributed by atoms with Gasteiger partial charge in [-0.1, -0.05) is 60.7 Å². The molecule has 5 aromatic rings. The first-order valence-corrected chi connectivity index (χ1v) is 13.5. The van der Waals surface area contributed by atoms with Gasteiger partial charge in [-0.05, 0) is 71.0 Å². The van der Waals surface area contributed by atoms with Crippen molar-refractivity contribution >= 4 is 16.6 Å². The summed E-state index contributed by atoms with van der Waals surface area (Å²) in [4.78, 5) is 21.6. The summed E-state index contributed by atoms with van der Waals surface area (Å²) < 4.78 is 1.83. The normalized spacial score (nSPS) is 15.1. The molecule has 0 spiro atoms. The molecule has 0 aliphatic carbocycles. The van der Waals surface area contributed by atoms with E-state index in [2.05, 4.69) is 74.5 Å². The number of para-hydroxylation sites is 1. The van der Waals surface area contributed by atoms with Gasteiger partial charge in [-0.3, -0.25) is 9.69 Å². The highest BCUT2D eigenvalue weighted by atomic mass is 16.1. The molecule has 198 valence electrons. The quantitative estimate of drug-likeness (QED) is 0.358. The van der Waals surface area contributed by atoms with Crippen molar-refractivity contribution in [2.24, 2.45) is 0 Å². The molecule has 0 unspecified atom stereocenters. The van der Waals surface area contributed by atoms with E-state index in [1.807, 2.05) is 54.1 Å². The molecule has 1 aliphatic heterocycles. The number of nitrogens with one attached hydrogen (secondary N) is 1. The highest BCUT2D eigenvalue weighted by molar-refractivity contribution is 5.82. The fourth-order valence-electron chi connectivity index (χ4n) is 5.68. The Morgan fingerprint density at radius 3 is 2.41 bits per heavy atom. The zero-order chi connectivity index (χ0) is 26.9. The van der Waals surface area contributed by atoms with Gasteiger partial charge < -0.3 is 9.88 Å². The van der Waals surface area contributed by atoms with Crippen LogP contribution < -0.4 is 10.5 Å². The van der Waals surface area contributed by atoms with Crippen molar-refractivity contribution in [3.05, 3.63) is 117 Å². The monoisotopic (exact) mass is 519 g/mol. The maximum atomic E-state index is 13.6. The topological polar surface area (TPSA) is 82.9 Å². The number of anilines is 1. The number of hydrogen-bond acceptors (Lipinski definition) is 6. The Labute approximate surface area is 227 Å². The van der Waals surface area contributed by atoms with Crippen molar-refractivity contribution in [1.29, 1.82) is 0 Å². The molecular weight excluding hydrogens is 486 g/mol. The van der Waals surface area contributed by atoms with Crippen molar-refractivity contribution in [2.45, 2.75) is 33.4 Å². The molecule has 1 N–H and O–H groups in total. The van der Waals surface area contributed by atoms with Crippen molar-refractivity contribution in [2.75, 3.05) is 31.1 Å². The fourth-order valence-corrected chi connectivity index (χ4v) is 5.68. The lowest BCUT2D eigenvalue weighted by molar-refractivity contribution is 0.200. The third-order valence-electron chi connectivity index (χ3n) is 7.99. The molecule has 2 aromatic heterocycles. The third-order valence-corrected chi connectivity index (χ3v) is 7.99. The number of aromatic nitrogens is 5. The molecule has 8 nitrogen and oxygen atoms in total. The molecule has 39 heavy (non-hydrogen) atoms. The number of rotatable bonds is 6. The second-order valence-electron chi connectivity index (χ2n) is 10.4. The predicted octanol–water partition coefficient (Wildman–Crippen LogP) is 4.40. The van der Waals surface area contributed by atoms with Crippen LogP contribution in [0.1, 0.15) is 39.7 Å². The van der Waals surface area contributed by atoms with Gasteiger partial charge in [0.05, 0.1) is 12.1 Å². The summed E-state index contributed by atoms with van der Waals surface area (Å²) in [7, 11) is 0. The molecule has 0 amide bonds. The SMILES string of the molecule is Cc1cccc(N2CCN([C@@H](c3cc4cccc(C)c4[nH]c3=O)c3nnnn3Cc3ccccc3)CC2)c1C.